The Morgan fingerprint density at radius 3 is 2.44 bits per heavy atom. The molecule has 0 radical (unpaired) electrons. The van der Waals surface area contributed by atoms with Crippen molar-refractivity contribution in [2.45, 2.75) is 76.7 Å². The lowest BCUT2D eigenvalue weighted by Crippen LogP contribution is -2.48. The van der Waals surface area contributed by atoms with Gasteiger partial charge >= 0.3 is 0 Å². The number of hydrogen-bond donors (Lipinski definition) is 1. The number of carbonyl (C=O) groups excluding carboxylic acids is 3. The van der Waals surface area contributed by atoms with E-state index in [4.69, 9.17) is 9.26 Å². The molecule has 3 atom stereocenters. The van der Waals surface area contributed by atoms with E-state index in [0.29, 0.717) is 50.4 Å². The fourth-order valence-corrected chi connectivity index (χ4v) is 5.14. The molecule has 34 heavy (non-hydrogen) atoms. The van der Waals surface area contributed by atoms with Crippen molar-refractivity contribution in [3.8, 4) is 0 Å². The fourth-order valence-electron chi connectivity index (χ4n) is 5.14. The number of amides is 2. The molecule has 3 saturated carbocycles. The van der Waals surface area contributed by atoms with Crippen LogP contribution in [0.2, 0.25) is 0 Å². The van der Waals surface area contributed by atoms with Crippen molar-refractivity contribution in [2.75, 3.05) is 26.3 Å². The Kier molecular flexibility index (Phi) is 6.99. The van der Waals surface area contributed by atoms with Crippen molar-refractivity contribution in [3.05, 3.63) is 11.7 Å². The lowest BCUT2D eigenvalue weighted by atomic mass is 9.80. The predicted octanol–water partition coefficient (Wildman–Crippen LogP) is 2.72. The van der Waals surface area contributed by atoms with Gasteiger partial charge in [0.1, 0.15) is 0 Å². The van der Waals surface area contributed by atoms with E-state index in [2.05, 4.69) is 15.5 Å². The first kappa shape index (κ1) is 23.5. The van der Waals surface area contributed by atoms with Gasteiger partial charge in [0.2, 0.25) is 17.6 Å². The Morgan fingerprint density at radius 1 is 1.09 bits per heavy atom. The zero-order chi connectivity index (χ0) is 23.7. The molecule has 4 fully saturated rings. The third kappa shape index (κ3) is 5.67. The van der Waals surface area contributed by atoms with Crippen LogP contribution in [0.4, 0.5) is 0 Å². The van der Waals surface area contributed by atoms with E-state index in [1.807, 2.05) is 11.8 Å². The van der Waals surface area contributed by atoms with E-state index >= 15 is 0 Å². The van der Waals surface area contributed by atoms with Crippen molar-refractivity contribution in [1.29, 1.82) is 0 Å². The van der Waals surface area contributed by atoms with Crippen molar-refractivity contribution >= 4 is 17.6 Å². The third-order valence-corrected chi connectivity index (χ3v) is 7.78. The van der Waals surface area contributed by atoms with Crippen molar-refractivity contribution in [2.24, 2.45) is 23.7 Å². The summed E-state index contributed by atoms with van der Waals surface area (Å²) in [5.41, 5.74) is 0. The Morgan fingerprint density at radius 2 is 1.82 bits per heavy atom. The van der Waals surface area contributed by atoms with Gasteiger partial charge < -0.3 is 19.5 Å². The normalized spacial score (nSPS) is 23.3. The van der Waals surface area contributed by atoms with Crippen molar-refractivity contribution in [3.63, 3.8) is 0 Å². The highest BCUT2D eigenvalue weighted by Gasteiger charge is 2.44. The minimum atomic E-state index is -0.734. The van der Waals surface area contributed by atoms with E-state index in [1.54, 1.807) is 0 Å². The molecule has 1 aromatic heterocycles. The number of rotatable bonds is 12. The summed E-state index contributed by atoms with van der Waals surface area (Å²) in [5, 5.41) is 6.91. The van der Waals surface area contributed by atoms with E-state index in [0.717, 1.165) is 32.1 Å². The van der Waals surface area contributed by atoms with Crippen LogP contribution in [-0.2, 0) is 14.3 Å². The molecule has 9 heteroatoms. The van der Waals surface area contributed by atoms with Gasteiger partial charge in [-0.3, -0.25) is 14.4 Å². The highest BCUT2D eigenvalue weighted by molar-refractivity contribution is 5.99. The van der Waals surface area contributed by atoms with Crippen LogP contribution < -0.4 is 5.32 Å². The summed E-state index contributed by atoms with van der Waals surface area (Å²) in [7, 11) is 0. The zero-order valence-corrected chi connectivity index (χ0v) is 20.0. The number of hydrogen-bond acceptors (Lipinski definition) is 7. The maximum absolute atomic E-state index is 13.6. The standard InChI is InChI=1S/C25H36N4O5/c1-2-20(22(31)25-27-23(28-34-25)17-7-8-17)26-24(32)19(14-21(30)29-9-11-33-12-10-29)18(16-5-6-16)13-15-3-4-15/h15-20H,2-14H2,1H3,(H,26,32)/t18?,19-,20-/m1/s1. The topological polar surface area (TPSA) is 115 Å². The molecular formula is C25H36N4O5. The van der Waals surface area contributed by atoms with E-state index in [9.17, 15) is 14.4 Å². The Bertz CT molecular complexity index is 899. The largest absolute Gasteiger partial charge is 0.378 e. The maximum atomic E-state index is 13.6. The molecule has 1 saturated heterocycles. The van der Waals surface area contributed by atoms with Crippen LogP contribution in [0.15, 0.2) is 4.52 Å². The monoisotopic (exact) mass is 472 g/mol. The number of aromatic nitrogens is 2. The SMILES string of the molecule is CC[C@@H](NC(=O)[C@H](CC(=O)N1CCOCC1)C(CC1CC1)C1CC1)C(=O)c1nc(C2CC2)no1. The molecule has 4 aliphatic rings. The Balaban J connectivity index is 1.29. The number of nitrogens with zero attached hydrogens (tertiary/aromatic N) is 3. The number of nitrogens with one attached hydrogen (secondary N) is 1. The number of carbonyl (C=O) groups is 3. The molecule has 0 aromatic carbocycles. The Hall–Kier alpha value is -2.29. The van der Waals surface area contributed by atoms with Crippen LogP contribution in [0.3, 0.4) is 0 Å². The molecule has 9 nitrogen and oxygen atoms in total. The molecule has 2 heterocycles. The average molecular weight is 473 g/mol. The van der Waals surface area contributed by atoms with Gasteiger partial charge in [-0.05, 0) is 56.3 Å². The highest BCUT2D eigenvalue weighted by Crippen LogP contribution is 2.49. The maximum Gasteiger partial charge on any atom is 0.296 e. The summed E-state index contributed by atoms with van der Waals surface area (Å²) in [5.74, 6) is 1.24. The van der Waals surface area contributed by atoms with Gasteiger partial charge in [-0.1, -0.05) is 24.9 Å². The Labute approximate surface area is 200 Å². The third-order valence-electron chi connectivity index (χ3n) is 7.78. The second-order valence-electron chi connectivity index (χ2n) is 10.5. The van der Waals surface area contributed by atoms with Gasteiger partial charge in [-0.2, -0.15) is 4.98 Å². The van der Waals surface area contributed by atoms with Gasteiger partial charge in [0, 0.05) is 31.3 Å². The molecule has 1 unspecified atom stereocenters. The molecule has 186 valence electrons. The van der Waals surface area contributed by atoms with Crippen LogP contribution in [0, 0.1) is 23.7 Å². The summed E-state index contributed by atoms with van der Waals surface area (Å²) in [6.45, 7) is 4.07. The predicted molar refractivity (Wildman–Crippen MR) is 122 cm³/mol. The number of Topliss-reactive ketones (excluding diaryl/α,β-unsaturated/α-hetero) is 1. The summed E-state index contributed by atoms with van der Waals surface area (Å²) < 4.78 is 10.6. The molecule has 0 bridgehead atoms. The number of ether oxygens (including phenoxy) is 1. The summed E-state index contributed by atoms with van der Waals surface area (Å²) in [6, 6.07) is -0.734. The highest BCUT2D eigenvalue weighted by atomic mass is 16.5. The van der Waals surface area contributed by atoms with Crippen LogP contribution in [0.5, 0.6) is 0 Å². The van der Waals surface area contributed by atoms with E-state index < -0.39 is 12.0 Å². The summed E-state index contributed by atoms with van der Waals surface area (Å²) in [4.78, 5) is 45.9. The molecular weight excluding hydrogens is 436 g/mol. The van der Waals surface area contributed by atoms with Crippen LogP contribution in [0.25, 0.3) is 0 Å². The second-order valence-corrected chi connectivity index (χ2v) is 10.5. The number of ketones is 1. The van der Waals surface area contributed by atoms with Crippen LogP contribution in [-0.4, -0.2) is 65.0 Å². The van der Waals surface area contributed by atoms with Crippen LogP contribution in [0.1, 0.15) is 87.1 Å². The molecule has 0 spiro atoms. The van der Waals surface area contributed by atoms with Crippen molar-refractivity contribution < 1.29 is 23.6 Å². The first-order valence-electron chi connectivity index (χ1n) is 13.1. The lowest BCUT2D eigenvalue weighted by molar-refractivity contribution is -0.141. The smallest absolute Gasteiger partial charge is 0.296 e. The summed E-state index contributed by atoms with van der Waals surface area (Å²) >= 11 is 0. The second kappa shape index (κ2) is 10.1. The molecule has 3 aliphatic carbocycles. The van der Waals surface area contributed by atoms with Gasteiger partial charge in [-0.15, -0.1) is 0 Å². The van der Waals surface area contributed by atoms with Gasteiger partial charge in [0.15, 0.2) is 5.82 Å². The van der Waals surface area contributed by atoms with Gasteiger partial charge in [0.05, 0.1) is 19.3 Å². The first-order chi connectivity index (χ1) is 16.5. The van der Waals surface area contributed by atoms with Gasteiger partial charge in [-0.25, -0.2) is 0 Å². The summed E-state index contributed by atoms with van der Waals surface area (Å²) in [6.07, 6.45) is 8.32. The lowest BCUT2D eigenvalue weighted by Gasteiger charge is -2.32. The molecule has 1 aromatic rings. The van der Waals surface area contributed by atoms with E-state index in [-0.39, 0.29) is 41.7 Å². The molecule has 2 amide bonds. The molecule has 1 N–H and O–H groups in total. The van der Waals surface area contributed by atoms with Crippen molar-refractivity contribution in [1.82, 2.24) is 20.4 Å². The van der Waals surface area contributed by atoms with E-state index in [1.165, 1.54) is 12.8 Å². The fraction of sp³-hybridized carbons (Fsp3) is 0.800. The molecule has 1 aliphatic heterocycles. The first-order valence-corrected chi connectivity index (χ1v) is 13.1. The zero-order valence-electron chi connectivity index (χ0n) is 20.0. The average Bonchev–Trinajstić information content (AvgIpc) is 3.72. The molecule has 5 rings (SSSR count). The van der Waals surface area contributed by atoms with Crippen LogP contribution >= 0.6 is 0 Å². The minimum Gasteiger partial charge on any atom is -0.378 e. The quantitative estimate of drug-likeness (QED) is 0.465. The van der Waals surface area contributed by atoms with Gasteiger partial charge in [0.25, 0.3) is 5.89 Å². The number of morpholine rings is 1. The minimum absolute atomic E-state index is 0.00949.